The van der Waals surface area contributed by atoms with Crippen molar-refractivity contribution in [1.82, 2.24) is 9.97 Å². The number of hydrogen-bond acceptors (Lipinski definition) is 5. The normalized spacial score (nSPS) is 12.2. The summed E-state index contributed by atoms with van der Waals surface area (Å²) in [7, 11) is -4.28. The van der Waals surface area contributed by atoms with E-state index < -0.39 is 22.0 Å². The predicted molar refractivity (Wildman–Crippen MR) is 116 cm³/mol. The molecule has 0 bridgehead atoms. The third kappa shape index (κ3) is 4.72. The van der Waals surface area contributed by atoms with E-state index in [2.05, 4.69) is 9.97 Å². The summed E-state index contributed by atoms with van der Waals surface area (Å²) in [4.78, 5) is 8.71. The Bertz CT molecular complexity index is 1400. The van der Waals surface area contributed by atoms with Crippen molar-refractivity contribution in [3.05, 3.63) is 78.2 Å². The Morgan fingerprint density at radius 2 is 1.66 bits per heavy atom. The van der Waals surface area contributed by atoms with E-state index in [0.717, 1.165) is 28.5 Å². The minimum absolute atomic E-state index is 0.149. The topological polar surface area (TPSA) is 80.2 Å². The minimum atomic E-state index is -4.50. The van der Waals surface area contributed by atoms with Crippen LogP contribution in [0.2, 0.25) is 0 Å². The fourth-order valence-electron chi connectivity index (χ4n) is 3.16. The maximum atomic E-state index is 12.8. The molecule has 0 aliphatic heterocycles. The Morgan fingerprint density at radius 1 is 0.906 bits per heavy atom. The molecule has 0 unspecified atom stereocenters. The fraction of sp³-hybridized carbons (Fsp3) is 0.0909. The highest BCUT2D eigenvalue weighted by atomic mass is 32.3. The molecule has 1 N–H and O–H groups in total. The van der Waals surface area contributed by atoms with Gasteiger partial charge in [0, 0.05) is 27.9 Å². The van der Waals surface area contributed by atoms with Crippen LogP contribution in [0.15, 0.2) is 71.1 Å². The van der Waals surface area contributed by atoms with Gasteiger partial charge < -0.3 is 0 Å². The van der Waals surface area contributed by atoms with Crippen molar-refractivity contribution < 1.29 is 26.1 Å². The van der Waals surface area contributed by atoms with Crippen LogP contribution in [0.3, 0.4) is 0 Å². The Morgan fingerprint density at radius 3 is 2.28 bits per heavy atom. The van der Waals surface area contributed by atoms with Gasteiger partial charge in [0.25, 0.3) is 0 Å². The van der Waals surface area contributed by atoms with E-state index >= 15 is 0 Å². The Kier molecular flexibility index (Phi) is 5.61. The molecule has 0 fully saturated rings. The molecular formula is C22H15F3N2O3S2. The van der Waals surface area contributed by atoms with Crippen molar-refractivity contribution in [1.29, 1.82) is 0 Å². The first-order valence-electron chi connectivity index (χ1n) is 9.21. The van der Waals surface area contributed by atoms with Crippen LogP contribution in [-0.4, -0.2) is 22.9 Å². The van der Waals surface area contributed by atoms with E-state index in [1.54, 1.807) is 37.3 Å². The first-order chi connectivity index (χ1) is 15.0. The number of nitrogens with zero attached hydrogens (tertiary/aromatic N) is 2. The molecule has 0 atom stereocenters. The summed E-state index contributed by atoms with van der Waals surface area (Å²) in [5, 5.41) is 0. The van der Waals surface area contributed by atoms with E-state index in [-0.39, 0.29) is 4.21 Å². The third-order valence-corrected chi connectivity index (χ3v) is 7.07. The number of aryl methyl sites for hydroxylation is 1. The summed E-state index contributed by atoms with van der Waals surface area (Å²) in [5.74, 6) is 0. The second-order valence-corrected chi connectivity index (χ2v) is 9.72. The molecule has 0 spiro atoms. The Labute approximate surface area is 186 Å². The largest absolute Gasteiger partial charge is 0.433 e. The quantitative estimate of drug-likeness (QED) is 0.359. The highest BCUT2D eigenvalue weighted by Gasteiger charge is 2.32. The Hall–Kier alpha value is -3.08. The molecule has 4 rings (SSSR count). The van der Waals surface area contributed by atoms with Crippen molar-refractivity contribution in [2.75, 3.05) is 0 Å². The van der Waals surface area contributed by atoms with Crippen molar-refractivity contribution in [2.24, 2.45) is 0 Å². The van der Waals surface area contributed by atoms with Gasteiger partial charge in [0.05, 0.1) is 5.69 Å². The number of alkyl halides is 3. The van der Waals surface area contributed by atoms with Gasteiger partial charge >= 0.3 is 16.3 Å². The van der Waals surface area contributed by atoms with Gasteiger partial charge in [0.2, 0.25) is 0 Å². The summed E-state index contributed by atoms with van der Waals surface area (Å²) in [6.45, 7) is 1.78. The number of benzene rings is 1. The fourth-order valence-corrected chi connectivity index (χ4v) is 4.83. The van der Waals surface area contributed by atoms with Crippen molar-refractivity contribution in [3.63, 3.8) is 0 Å². The lowest BCUT2D eigenvalue weighted by molar-refractivity contribution is -0.141. The molecule has 0 aliphatic rings. The molecular weight excluding hydrogens is 461 g/mol. The highest BCUT2D eigenvalue weighted by Crippen LogP contribution is 2.34. The van der Waals surface area contributed by atoms with Gasteiger partial charge in [-0.15, -0.1) is 11.3 Å². The number of thiophene rings is 1. The average molecular weight is 477 g/mol. The monoisotopic (exact) mass is 476 g/mol. The van der Waals surface area contributed by atoms with Crippen molar-refractivity contribution >= 4 is 21.5 Å². The Balaban J connectivity index is 1.71. The number of aromatic nitrogens is 2. The molecule has 164 valence electrons. The standard InChI is InChI=1S/C22H15F3N2O3S2/c1-13-9-17(16-5-7-20(26-12-16)22(23,24)25)11-18(27-13)14-3-2-4-15(10-14)19-6-8-21(31-19)32(28,29)30/h2-12H,1H3,(H,28,29,30). The van der Waals surface area contributed by atoms with Crippen LogP contribution in [-0.2, 0) is 16.3 Å². The van der Waals surface area contributed by atoms with Gasteiger partial charge in [-0.05, 0) is 54.4 Å². The van der Waals surface area contributed by atoms with Gasteiger partial charge in [0.1, 0.15) is 9.90 Å². The molecule has 0 saturated carbocycles. The minimum Gasteiger partial charge on any atom is -0.281 e. The maximum absolute atomic E-state index is 12.8. The number of rotatable bonds is 4. The van der Waals surface area contributed by atoms with Gasteiger partial charge in [-0.25, -0.2) is 0 Å². The van der Waals surface area contributed by atoms with Crippen LogP contribution in [0.4, 0.5) is 13.2 Å². The molecule has 0 amide bonds. The van der Waals surface area contributed by atoms with Crippen LogP contribution in [0.5, 0.6) is 0 Å². The van der Waals surface area contributed by atoms with Crippen LogP contribution >= 0.6 is 11.3 Å². The molecule has 0 saturated heterocycles. The molecule has 1 aromatic carbocycles. The summed E-state index contributed by atoms with van der Waals surface area (Å²) in [6.07, 6.45) is -3.32. The van der Waals surface area contributed by atoms with E-state index in [1.165, 1.54) is 18.3 Å². The molecule has 0 aliphatic carbocycles. The lowest BCUT2D eigenvalue weighted by Gasteiger charge is -2.10. The van der Waals surface area contributed by atoms with Gasteiger partial charge in [-0.3, -0.25) is 14.5 Å². The maximum Gasteiger partial charge on any atom is 0.433 e. The molecule has 0 radical (unpaired) electrons. The second-order valence-electron chi connectivity index (χ2n) is 6.99. The summed E-state index contributed by atoms with van der Waals surface area (Å²) >= 11 is 0.945. The van der Waals surface area contributed by atoms with Crippen LogP contribution in [0, 0.1) is 6.92 Å². The highest BCUT2D eigenvalue weighted by molar-refractivity contribution is 7.88. The SMILES string of the molecule is Cc1cc(-c2ccc(C(F)(F)F)nc2)cc(-c2cccc(-c3ccc(S(=O)(=O)O)s3)c2)n1. The molecule has 3 aromatic heterocycles. The van der Waals surface area contributed by atoms with E-state index in [0.29, 0.717) is 27.4 Å². The summed E-state index contributed by atoms with van der Waals surface area (Å²) in [5.41, 5.74) is 3.00. The zero-order valence-corrected chi connectivity index (χ0v) is 18.1. The average Bonchev–Trinajstić information content (AvgIpc) is 3.24. The van der Waals surface area contributed by atoms with Crippen LogP contribution in [0.25, 0.3) is 32.8 Å². The number of halogens is 3. The first-order valence-corrected chi connectivity index (χ1v) is 11.5. The lowest BCUT2D eigenvalue weighted by atomic mass is 10.0. The van der Waals surface area contributed by atoms with Gasteiger partial charge in [-0.2, -0.15) is 21.6 Å². The van der Waals surface area contributed by atoms with Crippen molar-refractivity contribution in [2.45, 2.75) is 17.3 Å². The number of hydrogen-bond donors (Lipinski definition) is 1. The van der Waals surface area contributed by atoms with Crippen LogP contribution < -0.4 is 0 Å². The summed E-state index contributed by atoms with van der Waals surface area (Å²) in [6, 6.07) is 16.0. The van der Waals surface area contributed by atoms with E-state index in [4.69, 9.17) is 0 Å². The third-order valence-electron chi connectivity index (χ3n) is 4.62. The molecule has 32 heavy (non-hydrogen) atoms. The number of pyridine rings is 2. The zero-order chi connectivity index (χ0) is 23.1. The predicted octanol–water partition coefficient (Wildman–Crippen LogP) is 6.11. The van der Waals surface area contributed by atoms with E-state index in [9.17, 15) is 26.1 Å². The van der Waals surface area contributed by atoms with E-state index in [1.807, 2.05) is 12.1 Å². The smallest absolute Gasteiger partial charge is 0.281 e. The van der Waals surface area contributed by atoms with Gasteiger partial charge in [0.15, 0.2) is 0 Å². The second kappa shape index (κ2) is 8.12. The molecule has 3 heterocycles. The summed E-state index contributed by atoms with van der Waals surface area (Å²) < 4.78 is 70.1. The molecule has 5 nitrogen and oxygen atoms in total. The van der Waals surface area contributed by atoms with Crippen LogP contribution in [0.1, 0.15) is 11.4 Å². The zero-order valence-electron chi connectivity index (χ0n) is 16.5. The molecule has 4 aromatic rings. The van der Waals surface area contributed by atoms with Gasteiger partial charge in [-0.1, -0.05) is 24.3 Å². The first kappa shape index (κ1) is 22.1. The lowest BCUT2D eigenvalue weighted by Crippen LogP contribution is -2.07. The van der Waals surface area contributed by atoms with Crippen molar-refractivity contribution in [3.8, 4) is 32.8 Å². The molecule has 10 heteroatoms.